The van der Waals surface area contributed by atoms with Crippen molar-refractivity contribution in [2.45, 2.75) is 18.3 Å². The number of aromatic nitrogens is 1. The number of hydrogen-bond donors (Lipinski definition) is 1. The monoisotopic (exact) mass is 237 g/mol. The van der Waals surface area contributed by atoms with Crippen molar-refractivity contribution >= 4 is 5.97 Å². The summed E-state index contributed by atoms with van der Waals surface area (Å²) >= 11 is 0. The molecule has 5 heteroatoms. The minimum atomic E-state index is -0.938. The van der Waals surface area contributed by atoms with Crippen molar-refractivity contribution in [1.29, 1.82) is 0 Å². The molecule has 0 bridgehead atoms. The van der Waals surface area contributed by atoms with Gasteiger partial charge in [0.05, 0.1) is 12.8 Å². The van der Waals surface area contributed by atoms with Crippen molar-refractivity contribution in [3.05, 3.63) is 23.9 Å². The van der Waals surface area contributed by atoms with E-state index >= 15 is 0 Å². The first-order chi connectivity index (χ1) is 8.19. The first kappa shape index (κ1) is 11.9. The number of carboxylic acid groups (broad SMARTS) is 1. The number of rotatable bonds is 3. The lowest BCUT2D eigenvalue weighted by atomic mass is 9.77. The van der Waals surface area contributed by atoms with E-state index in [0.29, 0.717) is 37.6 Å². The molecule has 1 aromatic rings. The highest BCUT2D eigenvalue weighted by molar-refractivity contribution is 5.80. The van der Waals surface area contributed by atoms with Gasteiger partial charge in [0, 0.05) is 19.3 Å². The zero-order chi connectivity index (χ0) is 12.3. The normalized spacial score (nSPS) is 18.6. The van der Waals surface area contributed by atoms with E-state index in [1.807, 2.05) is 0 Å². The Morgan fingerprint density at radius 1 is 1.47 bits per heavy atom. The molecule has 0 unspecified atom stereocenters. The van der Waals surface area contributed by atoms with Crippen LogP contribution in [0.15, 0.2) is 18.2 Å². The lowest BCUT2D eigenvalue weighted by Gasteiger charge is -2.32. The van der Waals surface area contributed by atoms with Crippen LogP contribution in [0.4, 0.5) is 0 Å². The van der Waals surface area contributed by atoms with Crippen LogP contribution in [0.1, 0.15) is 18.5 Å². The summed E-state index contributed by atoms with van der Waals surface area (Å²) in [6.07, 6.45) is 0.894. The minimum absolute atomic E-state index is 0.439. The van der Waals surface area contributed by atoms with Crippen molar-refractivity contribution in [2.75, 3.05) is 20.3 Å². The summed E-state index contributed by atoms with van der Waals surface area (Å²) in [5.41, 5.74) is -0.389. The van der Waals surface area contributed by atoms with Crippen molar-refractivity contribution in [3.63, 3.8) is 0 Å². The Morgan fingerprint density at radius 2 is 2.18 bits per heavy atom. The van der Waals surface area contributed by atoms with Crippen LogP contribution >= 0.6 is 0 Å². The topological polar surface area (TPSA) is 68.7 Å². The maximum Gasteiger partial charge on any atom is 0.315 e. The molecule has 1 aliphatic rings. The number of carboxylic acids is 1. The highest BCUT2D eigenvalue weighted by atomic mass is 16.5. The molecule has 0 atom stereocenters. The standard InChI is InChI=1S/C12H15NO4/c1-16-10-4-2-3-9(13-10)12(11(14)15)5-7-17-8-6-12/h2-4H,5-8H2,1H3,(H,14,15). The van der Waals surface area contributed by atoms with Crippen molar-refractivity contribution < 1.29 is 19.4 Å². The average molecular weight is 237 g/mol. The molecule has 1 aromatic heterocycles. The maximum atomic E-state index is 11.5. The predicted octanol–water partition coefficient (Wildman–Crippen LogP) is 1.22. The fourth-order valence-corrected chi connectivity index (χ4v) is 2.09. The molecule has 1 fully saturated rings. The smallest absolute Gasteiger partial charge is 0.315 e. The van der Waals surface area contributed by atoms with E-state index in [4.69, 9.17) is 9.47 Å². The molecule has 2 heterocycles. The summed E-state index contributed by atoms with van der Waals surface area (Å²) in [7, 11) is 1.52. The number of hydrogen-bond acceptors (Lipinski definition) is 4. The number of methoxy groups -OCH3 is 1. The van der Waals surface area contributed by atoms with E-state index in [0.717, 1.165) is 0 Å². The highest BCUT2D eigenvalue weighted by Gasteiger charge is 2.43. The van der Waals surface area contributed by atoms with Crippen LogP contribution in [0.5, 0.6) is 5.88 Å². The van der Waals surface area contributed by atoms with Crippen LogP contribution in [0, 0.1) is 0 Å². The highest BCUT2D eigenvalue weighted by Crippen LogP contribution is 2.34. The number of pyridine rings is 1. The molecule has 17 heavy (non-hydrogen) atoms. The van der Waals surface area contributed by atoms with Crippen molar-refractivity contribution in [1.82, 2.24) is 4.98 Å². The van der Waals surface area contributed by atoms with E-state index in [1.165, 1.54) is 7.11 Å². The molecule has 1 aliphatic heterocycles. The summed E-state index contributed by atoms with van der Waals surface area (Å²) in [4.78, 5) is 15.8. The van der Waals surface area contributed by atoms with Crippen LogP contribution in [-0.2, 0) is 14.9 Å². The molecule has 5 nitrogen and oxygen atoms in total. The van der Waals surface area contributed by atoms with Gasteiger partial charge in [0.25, 0.3) is 0 Å². The molecule has 0 radical (unpaired) electrons. The summed E-state index contributed by atoms with van der Waals surface area (Å²) in [5.74, 6) is -0.406. The Labute approximate surface area is 99.4 Å². The minimum Gasteiger partial charge on any atom is -0.481 e. The summed E-state index contributed by atoms with van der Waals surface area (Å²) in [6.45, 7) is 0.899. The average Bonchev–Trinajstić information content (AvgIpc) is 2.39. The van der Waals surface area contributed by atoms with Gasteiger partial charge in [-0.25, -0.2) is 4.98 Å². The van der Waals surface area contributed by atoms with Crippen LogP contribution in [0.2, 0.25) is 0 Å². The fraction of sp³-hybridized carbons (Fsp3) is 0.500. The van der Waals surface area contributed by atoms with Gasteiger partial charge in [0.1, 0.15) is 5.41 Å². The van der Waals surface area contributed by atoms with Crippen LogP contribution in [-0.4, -0.2) is 36.4 Å². The SMILES string of the molecule is COc1cccc(C2(C(=O)O)CCOCC2)n1. The second-order valence-electron chi connectivity index (χ2n) is 4.06. The molecule has 0 spiro atoms. The lowest BCUT2D eigenvalue weighted by Crippen LogP contribution is -2.42. The molecule has 0 aliphatic carbocycles. The number of ether oxygens (including phenoxy) is 2. The summed E-state index contributed by atoms with van der Waals surface area (Å²) < 4.78 is 10.3. The molecule has 0 amide bonds. The number of aliphatic carboxylic acids is 1. The van der Waals surface area contributed by atoms with Gasteiger partial charge in [0.15, 0.2) is 0 Å². The first-order valence-corrected chi connectivity index (χ1v) is 5.52. The second-order valence-corrected chi connectivity index (χ2v) is 4.06. The van der Waals surface area contributed by atoms with Gasteiger partial charge in [-0.2, -0.15) is 0 Å². The molecule has 2 rings (SSSR count). The lowest BCUT2D eigenvalue weighted by molar-refractivity contribution is -0.148. The Morgan fingerprint density at radius 3 is 2.76 bits per heavy atom. The van der Waals surface area contributed by atoms with Crippen LogP contribution < -0.4 is 4.74 Å². The Bertz CT molecular complexity index is 413. The Balaban J connectivity index is 2.41. The van der Waals surface area contributed by atoms with E-state index in [2.05, 4.69) is 4.98 Å². The van der Waals surface area contributed by atoms with Crippen LogP contribution in [0.3, 0.4) is 0 Å². The third-order valence-corrected chi connectivity index (χ3v) is 3.18. The van der Waals surface area contributed by atoms with Gasteiger partial charge < -0.3 is 14.6 Å². The van der Waals surface area contributed by atoms with Gasteiger partial charge in [0.2, 0.25) is 5.88 Å². The summed E-state index contributed by atoms with van der Waals surface area (Å²) in [5, 5.41) is 9.47. The molecule has 0 saturated carbocycles. The van der Waals surface area contributed by atoms with E-state index in [-0.39, 0.29) is 0 Å². The second kappa shape index (κ2) is 4.71. The number of carbonyl (C=O) groups is 1. The largest absolute Gasteiger partial charge is 0.481 e. The van der Waals surface area contributed by atoms with Crippen molar-refractivity contribution in [2.24, 2.45) is 0 Å². The van der Waals surface area contributed by atoms with E-state index in [1.54, 1.807) is 18.2 Å². The van der Waals surface area contributed by atoms with E-state index < -0.39 is 11.4 Å². The maximum absolute atomic E-state index is 11.5. The van der Waals surface area contributed by atoms with Crippen LogP contribution in [0.25, 0.3) is 0 Å². The molecular weight excluding hydrogens is 222 g/mol. The summed E-state index contributed by atoms with van der Waals surface area (Å²) in [6, 6.07) is 5.21. The van der Waals surface area contributed by atoms with Gasteiger partial charge >= 0.3 is 5.97 Å². The Hall–Kier alpha value is -1.62. The fourth-order valence-electron chi connectivity index (χ4n) is 2.09. The zero-order valence-electron chi connectivity index (χ0n) is 9.68. The van der Waals surface area contributed by atoms with Gasteiger partial charge in [-0.1, -0.05) is 6.07 Å². The first-order valence-electron chi connectivity index (χ1n) is 5.52. The quantitative estimate of drug-likeness (QED) is 0.856. The molecule has 0 aromatic carbocycles. The van der Waals surface area contributed by atoms with Gasteiger partial charge in [-0.05, 0) is 18.9 Å². The third kappa shape index (κ3) is 2.10. The molecule has 92 valence electrons. The third-order valence-electron chi connectivity index (χ3n) is 3.18. The van der Waals surface area contributed by atoms with Crippen molar-refractivity contribution in [3.8, 4) is 5.88 Å². The predicted molar refractivity (Wildman–Crippen MR) is 60.2 cm³/mol. The molecular formula is C12H15NO4. The zero-order valence-corrected chi connectivity index (χ0v) is 9.68. The molecule has 1 N–H and O–H groups in total. The Kier molecular flexibility index (Phi) is 3.28. The van der Waals surface area contributed by atoms with Gasteiger partial charge in [-0.3, -0.25) is 4.79 Å². The number of nitrogens with zero attached hydrogens (tertiary/aromatic N) is 1. The van der Waals surface area contributed by atoms with Gasteiger partial charge in [-0.15, -0.1) is 0 Å². The van der Waals surface area contributed by atoms with E-state index in [9.17, 15) is 9.90 Å². The molecule has 1 saturated heterocycles.